The minimum absolute atomic E-state index is 0.147. The van der Waals surface area contributed by atoms with E-state index in [0.717, 1.165) is 29.9 Å². The van der Waals surface area contributed by atoms with Gasteiger partial charge in [0.25, 0.3) is 11.8 Å². The molecule has 2 aromatic carbocycles. The van der Waals surface area contributed by atoms with Crippen molar-refractivity contribution >= 4 is 11.8 Å². The number of carbonyl (C=O) groups is 2. The first kappa shape index (κ1) is 19.5. The van der Waals surface area contributed by atoms with Crippen molar-refractivity contribution in [2.75, 3.05) is 19.6 Å². The zero-order chi connectivity index (χ0) is 19.9. The van der Waals surface area contributed by atoms with Crippen molar-refractivity contribution in [1.29, 1.82) is 0 Å². The summed E-state index contributed by atoms with van der Waals surface area (Å²) in [5.41, 5.74) is 1.29. The molecular weight excluding hydrogens is 356 g/mol. The zero-order valence-corrected chi connectivity index (χ0v) is 15.9. The lowest BCUT2D eigenvalue weighted by molar-refractivity contribution is -0.127. The monoisotopic (exact) mass is 380 g/mol. The van der Waals surface area contributed by atoms with Crippen LogP contribution in [0, 0.1) is 0 Å². The maximum Gasteiger partial charge on any atom is 0.289 e. The van der Waals surface area contributed by atoms with E-state index in [0.29, 0.717) is 13.1 Å². The zero-order valence-electron chi connectivity index (χ0n) is 15.9. The van der Waals surface area contributed by atoms with Crippen LogP contribution in [0.25, 0.3) is 0 Å². The van der Waals surface area contributed by atoms with E-state index in [1.807, 2.05) is 61.5 Å². The van der Waals surface area contributed by atoms with Crippen molar-refractivity contribution in [3.63, 3.8) is 0 Å². The highest BCUT2D eigenvalue weighted by molar-refractivity contribution is 6.06. The van der Waals surface area contributed by atoms with E-state index >= 15 is 0 Å². The van der Waals surface area contributed by atoms with Crippen LogP contribution in [0.15, 0.2) is 65.9 Å². The van der Waals surface area contributed by atoms with Gasteiger partial charge in [-0.25, -0.2) is 0 Å². The molecule has 0 bridgehead atoms. The molecule has 146 valence electrons. The van der Waals surface area contributed by atoms with Crippen molar-refractivity contribution in [3.05, 3.63) is 71.5 Å². The maximum atomic E-state index is 12.2. The number of amides is 2. The molecule has 0 unspecified atom stereocenters. The molecule has 28 heavy (non-hydrogen) atoms. The second kappa shape index (κ2) is 9.08. The summed E-state index contributed by atoms with van der Waals surface area (Å²) in [5, 5.41) is 12.6. The van der Waals surface area contributed by atoms with Crippen LogP contribution in [0.3, 0.4) is 0 Å². The summed E-state index contributed by atoms with van der Waals surface area (Å²) in [6.45, 7) is 2.90. The summed E-state index contributed by atoms with van der Waals surface area (Å²) in [6, 6.07) is 17.5. The number of nitrogens with one attached hydrogen (secondary N) is 1. The van der Waals surface area contributed by atoms with E-state index in [1.165, 1.54) is 4.90 Å². The molecule has 1 aliphatic heterocycles. The fraction of sp³-hybridized carbons (Fsp3) is 0.273. The van der Waals surface area contributed by atoms with Gasteiger partial charge in [0.1, 0.15) is 11.5 Å². The molecule has 0 fully saturated rings. The first-order valence-electron chi connectivity index (χ1n) is 9.40. The molecule has 0 aromatic heterocycles. The highest BCUT2D eigenvalue weighted by Gasteiger charge is 2.32. The maximum absolute atomic E-state index is 12.2. The number of aliphatic hydroxyl groups excluding tert-OH is 1. The van der Waals surface area contributed by atoms with E-state index in [4.69, 9.17) is 4.74 Å². The Morgan fingerprint density at radius 2 is 1.79 bits per heavy atom. The first-order valence-corrected chi connectivity index (χ1v) is 9.40. The molecule has 0 aliphatic carbocycles. The van der Waals surface area contributed by atoms with Gasteiger partial charge in [0.2, 0.25) is 0 Å². The van der Waals surface area contributed by atoms with Crippen LogP contribution in [0.4, 0.5) is 0 Å². The molecule has 2 N–H and O–H groups in total. The van der Waals surface area contributed by atoms with Gasteiger partial charge in [0.15, 0.2) is 5.76 Å². The Labute approximate surface area is 164 Å². The van der Waals surface area contributed by atoms with Crippen molar-refractivity contribution in [1.82, 2.24) is 10.2 Å². The van der Waals surface area contributed by atoms with Gasteiger partial charge in [0.05, 0.1) is 12.1 Å². The predicted molar refractivity (Wildman–Crippen MR) is 106 cm³/mol. The lowest BCUT2D eigenvalue weighted by atomic mass is 10.1. The van der Waals surface area contributed by atoms with Crippen molar-refractivity contribution < 1.29 is 19.4 Å². The Morgan fingerprint density at radius 1 is 1.11 bits per heavy atom. The predicted octanol–water partition coefficient (Wildman–Crippen LogP) is 3.20. The Kier molecular flexibility index (Phi) is 6.32. The Bertz CT molecular complexity index is 860. The Morgan fingerprint density at radius 3 is 2.43 bits per heavy atom. The molecule has 0 saturated heterocycles. The SMILES string of the molecule is CCN1CC(C(=O)NCCCc2ccc(Oc3ccccc3)cc2)=C(O)C1=O. The smallest absolute Gasteiger partial charge is 0.289 e. The standard InChI is InChI=1S/C22H24N2O4/c1-2-24-15-19(20(25)22(24)27)21(26)23-14-6-7-16-10-12-18(13-11-16)28-17-8-4-3-5-9-17/h3-5,8-13,25H,2,6-7,14-15H2,1H3,(H,23,26). The molecular formula is C22H24N2O4. The van der Waals surface area contributed by atoms with E-state index in [9.17, 15) is 14.7 Å². The second-order valence-electron chi connectivity index (χ2n) is 6.57. The van der Waals surface area contributed by atoms with Crippen LogP contribution < -0.4 is 10.1 Å². The van der Waals surface area contributed by atoms with Gasteiger partial charge in [-0.15, -0.1) is 0 Å². The summed E-state index contributed by atoms with van der Waals surface area (Å²) in [6.07, 6.45) is 1.56. The number of aliphatic hydroxyl groups is 1. The number of hydrogen-bond donors (Lipinski definition) is 2. The summed E-state index contributed by atoms with van der Waals surface area (Å²) >= 11 is 0. The number of ether oxygens (including phenoxy) is 1. The number of likely N-dealkylation sites (N-methyl/N-ethyl adjacent to an activating group) is 1. The van der Waals surface area contributed by atoms with Crippen LogP contribution in [-0.2, 0) is 16.0 Å². The molecule has 3 rings (SSSR count). The molecule has 0 spiro atoms. The normalized spacial score (nSPS) is 13.8. The molecule has 1 heterocycles. The molecule has 6 nitrogen and oxygen atoms in total. The molecule has 2 aromatic rings. The topological polar surface area (TPSA) is 78.9 Å². The average molecular weight is 380 g/mol. The van der Waals surface area contributed by atoms with Crippen molar-refractivity contribution in [2.24, 2.45) is 0 Å². The Hall–Kier alpha value is -3.28. The summed E-state index contributed by atoms with van der Waals surface area (Å²) in [5.74, 6) is 0.270. The molecule has 0 saturated carbocycles. The minimum atomic E-state index is -0.481. The van der Waals surface area contributed by atoms with E-state index in [-0.39, 0.29) is 18.0 Å². The lowest BCUT2D eigenvalue weighted by Crippen LogP contribution is -2.30. The number of carbonyl (C=O) groups excluding carboxylic acids is 2. The number of nitrogens with zero attached hydrogens (tertiary/aromatic N) is 1. The van der Waals surface area contributed by atoms with Gasteiger partial charge in [-0.05, 0) is 49.6 Å². The fourth-order valence-electron chi connectivity index (χ4n) is 3.00. The largest absolute Gasteiger partial charge is 0.503 e. The summed E-state index contributed by atoms with van der Waals surface area (Å²) < 4.78 is 5.77. The number of para-hydroxylation sites is 1. The van der Waals surface area contributed by atoms with E-state index in [2.05, 4.69) is 5.32 Å². The average Bonchev–Trinajstić information content (AvgIpc) is 3.01. The Balaban J connectivity index is 1.43. The second-order valence-corrected chi connectivity index (χ2v) is 6.57. The third kappa shape index (κ3) is 4.71. The van der Waals surface area contributed by atoms with Crippen LogP contribution >= 0.6 is 0 Å². The number of benzene rings is 2. The highest BCUT2D eigenvalue weighted by Crippen LogP contribution is 2.21. The van der Waals surface area contributed by atoms with E-state index in [1.54, 1.807) is 0 Å². The molecule has 1 aliphatic rings. The van der Waals surface area contributed by atoms with Crippen LogP contribution in [-0.4, -0.2) is 41.5 Å². The van der Waals surface area contributed by atoms with Gasteiger partial charge >= 0.3 is 0 Å². The van der Waals surface area contributed by atoms with Crippen LogP contribution in [0.2, 0.25) is 0 Å². The van der Waals surface area contributed by atoms with Crippen LogP contribution in [0.5, 0.6) is 11.5 Å². The lowest BCUT2D eigenvalue weighted by Gasteiger charge is -2.12. The van der Waals surface area contributed by atoms with Crippen molar-refractivity contribution in [3.8, 4) is 11.5 Å². The van der Waals surface area contributed by atoms with E-state index < -0.39 is 11.7 Å². The summed E-state index contributed by atoms with van der Waals surface area (Å²) in [7, 11) is 0. The van der Waals surface area contributed by atoms with Gasteiger partial charge in [-0.3, -0.25) is 9.59 Å². The fourth-order valence-corrected chi connectivity index (χ4v) is 3.00. The minimum Gasteiger partial charge on any atom is -0.503 e. The molecule has 2 amide bonds. The highest BCUT2D eigenvalue weighted by atomic mass is 16.5. The molecule has 0 radical (unpaired) electrons. The first-order chi connectivity index (χ1) is 13.6. The van der Waals surface area contributed by atoms with Gasteiger partial charge in [0, 0.05) is 13.1 Å². The van der Waals surface area contributed by atoms with Gasteiger partial charge < -0.3 is 20.1 Å². The number of rotatable bonds is 8. The van der Waals surface area contributed by atoms with Gasteiger partial charge in [-0.1, -0.05) is 30.3 Å². The third-order valence-electron chi connectivity index (χ3n) is 4.61. The molecule has 0 atom stereocenters. The van der Waals surface area contributed by atoms with Crippen LogP contribution in [0.1, 0.15) is 18.9 Å². The third-order valence-corrected chi connectivity index (χ3v) is 4.61. The van der Waals surface area contributed by atoms with Gasteiger partial charge in [-0.2, -0.15) is 0 Å². The molecule has 6 heteroatoms. The number of aryl methyl sites for hydroxylation is 1. The summed E-state index contributed by atoms with van der Waals surface area (Å²) in [4.78, 5) is 25.3. The number of hydrogen-bond acceptors (Lipinski definition) is 4. The quantitative estimate of drug-likeness (QED) is 0.690. The van der Waals surface area contributed by atoms with Crippen molar-refractivity contribution in [2.45, 2.75) is 19.8 Å².